The minimum atomic E-state index is -3.91. The zero-order valence-electron chi connectivity index (χ0n) is 12.6. The van der Waals surface area contributed by atoms with E-state index in [1.54, 1.807) is 6.92 Å². The standard InChI is InChI=1S/C12H17N3O6S2/c1-3-15-10-5-4-9(8-11(10)21-12(15)16)23(19,20)14-6-7-22(17,18)13-2/h4-5,8,13-14H,3,6-7H2,1-2H3. The molecule has 128 valence electrons. The minimum Gasteiger partial charge on any atom is -0.408 e. The smallest absolute Gasteiger partial charge is 0.408 e. The van der Waals surface area contributed by atoms with E-state index in [-0.39, 0.29) is 22.8 Å². The summed E-state index contributed by atoms with van der Waals surface area (Å²) in [5.41, 5.74) is 0.650. The number of aromatic nitrogens is 1. The number of oxazole rings is 1. The van der Waals surface area contributed by atoms with Crippen molar-refractivity contribution in [2.24, 2.45) is 0 Å². The number of nitrogens with one attached hydrogen (secondary N) is 2. The Balaban J connectivity index is 2.26. The number of aryl methyl sites for hydroxylation is 1. The highest BCUT2D eigenvalue weighted by molar-refractivity contribution is 7.90. The number of benzene rings is 1. The van der Waals surface area contributed by atoms with E-state index in [2.05, 4.69) is 9.44 Å². The normalized spacial score (nSPS) is 12.8. The Hall–Kier alpha value is -1.69. The van der Waals surface area contributed by atoms with Crippen molar-refractivity contribution < 1.29 is 21.3 Å². The van der Waals surface area contributed by atoms with Crippen LogP contribution in [0.15, 0.2) is 32.3 Å². The van der Waals surface area contributed by atoms with Crippen molar-refractivity contribution in [3.8, 4) is 0 Å². The van der Waals surface area contributed by atoms with Crippen LogP contribution in [0, 0.1) is 0 Å². The molecule has 1 heterocycles. The maximum absolute atomic E-state index is 12.2. The van der Waals surface area contributed by atoms with Crippen molar-refractivity contribution in [3.63, 3.8) is 0 Å². The topological polar surface area (TPSA) is 127 Å². The van der Waals surface area contributed by atoms with E-state index in [1.807, 2.05) is 0 Å². The van der Waals surface area contributed by atoms with Gasteiger partial charge in [-0.2, -0.15) is 0 Å². The third-order valence-corrected chi connectivity index (χ3v) is 6.06. The van der Waals surface area contributed by atoms with Gasteiger partial charge in [-0.25, -0.2) is 31.1 Å². The highest BCUT2D eigenvalue weighted by Gasteiger charge is 2.18. The lowest BCUT2D eigenvalue weighted by Crippen LogP contribution is -2.32. The first-order chi connectivity index (χ1) is 10.7. The number of sulfonamides is 2. The van der Waals surface area contributed by atoms with Crippen molar-refractivity contribution in [2.45, 2.75) is 18.4 Å². The van der Waals surface area contributed by atoms with Gasteiger partial charge in [0, 0.05) is 19.2 Å². The third kappa shape index (κ3) is 3.80. The third-order valence-electron chi connectivity index (χ3n) is 3.24. The number of hydrogen-bond acceptors (Lipinski definition) is 6. The first kappa shape index (κ1) is 17.7. The molecular formula is C12H17N3O6S2. The van der Waals surface area contributed by atoms with Crippen LogP contribution >= 0.6 is 0 Å². The number of hydrogen-bond donors (Lipinski definition) is 2. The molecule has 2 N–H and O–H groups in total. The summed E-state index contributed by atoms with van der Waals surface area (Å²) in [5, 5.41) is 0. The van der Waals surface area contributed by atoms with Crippen LogP contribution in [0.2, 0.25) is 0 Å². The van der Waals surface area contributed by atoms with Gasteiger partial charge in [0.1, 0.15) is 0 Å². The highest BCUT2D eigenvalue weighted by Crippen LogP contribution is 2.18. The van der Waals surface area contributed by atoms with Gasteiger partial charge in [0.25, 0.3) is 0 Å². The van der Waals surface area contributed by atoms with E-state index in [0.29, 0.717) is 12.1 Å². The maximum atomic E-state index is 12.2. The van der Waals surface area contributed by atoms with Crippen molar-refractivity contribution in [1.82, 2.24) is 14.0 Å². The average molecular weight is 363 g/mol. The van der Waals surface area contributed by atoms with E-state index in [1.165, 1.54) is 29.8 Å². The average Bonchev–Trinajstić information content (AvgIpc) is 2.80. The quantitative estimate of drug-likeness (QED) is 0.679. The van der Waals surface area contributed by atoms with Gasteiger partial charge in [-0.05, 0) is 26.1 Å². The molecule has 11 heteroatoms. The Morgan fingerprint density at radius 2 is 1.91 bits per heavy atom. The fraction of sp³-hybridized carbons (Fsp3) is 0.417. The first-order valence-corrected chi connectivity index (χ1v) is 9.88. The number of fused-ring (bicyclic) bond motifs is 1. The van der Waals surface area contributed by atoms with E-state index < -0.39 is 25.8 Å². The predicted molar refractivity (Wildman–Crippen MR) is 84.2 cm³/mol. The Labute approximate surface area is 133 Å². The van der Waals surface area contributed by atoms with Crippen LogP contribution in [0.1, 0.15) is 6.92 Å². The molecule has 0 amide bonds. The summed E-state index contributed by atoms with van der Waals surface area (Å²) in [4.78, 5) is 11.5. The van der Waals surface area contributed by atoms with Crippen LogP contribution in [0.4, 0.5) is 0 Å². The molecule has 0 atom stereocenters. The summed E-state index contributed by atoms with van der Waals surface area (Å²) in [6.45, 7) is 1.90. The Kier molecular flexibility index (Phi) is 4.94. The molecule has 0 bridgehead atoms. The van der Waals surface area contributed by atoms with Crippen molar-refractivity contribution in [3.05, 3.63) is 28.7 Å². The van der Waals surface area contributed by atoms with Gasteiger partial charge in [-0.15, -0.1) is 0 Å². The predicted octanol–water partition coefficient (Wildman–Crippen LogP) is -0.558. The largest absolute Gasteiger partial charge is 0.419 e. The Bertz CT molecular complexity index is 972. The molecule has 0 aliphatic carbocycles. The Morgan fingerprint density at radius 3 is 2.52 bits per heavy atom. The van der Waals surface area contributed by atoms with Crippen LogP contribution in [0.25, 0.3) is 11.1 Å². The molecular weight excluding hydrogens is 346 g/mol. The zero-order valence-corrected chi connectivity index (χ0v) is 14.2. The molecule has 0 unspecified atom stereocenters. The first-order valence-electron chi connectivity index (χ1n) is 6.74. The minimum absolute atomic E-state index is 0.108. The molecule has 9 nitrogen and oxygen atoms in total. The van der Waals surface area contributed by atoms with Gasteiger partial charge in [-0.3, -0.25) is 4.57 Å². The van der Waals surface area contributed by atoms with Gasteiger partial charge in [-0.1, -0.05) is 0 Å². The van der Waals surface area contributed by atoms with Crippen LogP contribution < -0.4 is 15.2 Å². The summed E-state index contributed by atoms with van der Waals surface area (Å²) in [6.07, 6.45) is 0. The van der Waals surface area contributed by atoms with Gasteiger partial charge in [0.15, 0.2) is 5.58 Å². The van der Waals surface area contributed by atoms with E-state index >= 15 is 0 Å². The second-order valence-corrected chi connectivity index (χ2v) is 8.48. The molecule has 2 aromatic rings. The van der Waals surface area contributed by atoms with Crippen molar-refractivity contribution in [1.29, 1.82) is 0 Å². The van der Waals surface area contributed by atoms with Crippen LogP contribution in [-0.2, 0) is 26.6 Å². The molecule has 0 radical (unpaired) electrons. The van der Waals surface area contributed by atoms with Crippen LogP contribution in [-0.4, -0.2) is 40.7 Å². The molecule has 0 fully saturated rings. The monoisotopic (exact) mass is 363 g/mol. The van der Waals surface area contributed by atoms with Gasteiger partial charge >= 0.3 is 5.76 Å². The molecule has 0 aliphatic heterocycles. The lowest BCUT2D eigenvalue weighted by molar-refractivity contribution is 0.512. The molecule has 23 heavy (non-hydrogen) atoms. The highest BCUT2D eigenvalue weighted by atomic mass is 32.2. The molecule has 0 saturated heterocycles. The fourth-order valence-electron chi connectivity index (χ4n) is 2.01. The van der Waals surface area contributed by atoms with Crippen LogP contribution in [0.3, 0.4) is 0 Å². The molecule has 0 saturated carbocycles. The SMILES string of the molecule is CCn1c(=O)oc2cc(S(=O)(=O)NCCS(=O)(=O)NC)ccc21. The maximum Gasteiger partial charge on any atom is 0.419 e. The zero-order chi connectivity index (χ0) is 17.3. The molecule has 1 aromatic carbocycles. The molecule has 0 aliphatic rings. The van der Waals surface area contributed by atoms with E-state index in [4.69, 9.17) is 4.42 Å². The van der Waals surface area contributed by atoms with Gasteiger partial charge < -0.3 is 4.42 Å². The van der Waals surface area contributed by atoms with E-state index in [0.717, 1.165) is 0 Å². The van der Waals surface area contributed by atoms with Gasteiger partial charge in [0.05, 0.1) is 16.2 Å². The van der Waals surface area contributed by atoms with Gasteiger partial charge in [0.2, 0.25) is 20.0 Å². The summed E-state index contributed by atoms with van der Waals surface area (Å²) in [7, 11) is -6.16. The van der Waals surface area contributed by atoms with Crippen LogP contribution in [0.5, 0.6) is 0 Å². The van der Waals surface area contributed by atoms with Crippen molar-refractivity contribution in [2.75, 3.05) is 19.3 Å². The molecule has 0 spiro atoms. The van der Waals surface area contributed by atoms with Crippen molar-refractivity contribution >= 4 is 31.1 Å². The second-order valence-electron chi connectivity index (χ2n) is 4.66. The second kappa shape index (κ2) is 6.43. The lowest BCUT2D eigenvalue weighted by Gasteiger charge is -2.07. The molecule has 1 aromatic heterocycles. The summed E-state index contributed by atoms with van der Waals surface area (Å²) < 4.78 is 57.5. The fourth-order valence-corrected chi connectivity index (χ4v) is 3.76. The lowest BCUT2D eigenvalue weighted by atomic mass is 10.3. The number of rotatable bonds is 7. The summed E-state index contributed by atoms with van der Waals surface area (Å²) >= 11 is 0. The Morgan fingerprint density at radius 1 is 1.22 bits per heavy atom. The summed E-state index contributed by atoms with van der Waals surface area (Å²) in [5.74, 6) is -0.947. The number of nitrogens with zero attached hydrogens (tertiary/aromatic N) is 1. The molecule has 2 rings (SSSR count). The summed E-state index contributed by atoms with van der Waals surface area (Å²) in [6, 6.07) is 4.04. The van der Waals surface area contributed by atoms with E-state index in [9.17, 15) is 21.6 Å².